The van der Waals surface area contributed by atoms with E-state index in [0.717, 1.165) is 41.6 Å². The van der Waals surface area contributed by atoms with E-state index in [1.165, 1.54) is 19.8 Å². The van der Waals surface area contributed by atoms with Crippen LogP contribution in [0.5, 0.6) is 0 Å². The predicted molar refractivity (Wildman–Crippen MR) is 238 cm³/mol. The molecule has 2 fully saturated rings. The summed E-state index contributed by atoms with van der Waals surface area (Å²) in [6, 6.07) is 48.5. The van der Waals surface area contributed by atoms with Crippen LogP contribution in [-0.4, -0.2) is 104 Å². The van der Waals surface area contributed by atoms with Gasteiger partial charge in [-0.05, 0) is 67.6 Å². The second-order valence-corrected chi connectivity index (χ2v) is 15.7. The molecule has 0 radical (unpaired) electrons. The Labute approximate surface area is 360 Å². The topological polar surface area (TPSA) is 108 Å². The third-order valence-corrected chi connectivity index (χ3v) is 12.0. The summed E-state index contributed by atoms with van der Waals surface area (Å²) in [6.45, 7) is 1.84. The molecule has 0 spiro atoms. The van der Waals surface area contributed by atoms with E-state index < -0.39 is 23.9 Å². The molecule has 0 unspecified atom stereocenters. The van der Waals surface area contributed by atoms with Crippen molar-refractivity contribution in [3.8, 4) is 0 Å². The zero-order valence-corrected chi connectivity index (χ0v) is 35.6. The van der Waals surface area contributed by atoms with E-state index in [1.807, 2.05) is 147 Å². The van der Waals surface area contributed by atoms with Crippen molar-refractivity contribution in [2.24, 2.45) is 0 Å². The monoisotopic (exact) mass is 822 g/mol. The SMILES string of the molecule is CN[C@@H]1CCN(C(=O)C(c2ccccc2)c2ccccc2)[C@H](C(=O)OC)C1.COC(=O)[C@@H]1C[C@H](N(C)Cc2ccccc2)CCN1C(=O)C(c1ccccc1)c1ccccc1. The Morgan fingerprint density at radius 2 is 0.934 bits per heavy atom. The van der Waals surface area contributed by atoms with E-state index in [2.05, 4.69) is 29.4 Å². The number of methoxy groups -OCH3 is 2. The van der Waals surface area contributed by atoms with E-state index in [-0.39, 0.29) is 35.8 Å². The fourth-order valence-corrected chi connectivity index (χ4v) is 8.69. The van der Waals surface area contributed by atoms with Crippen LogP contribution in [0.25, 0.3) is 0 Å². The van der Waals surface area contributed by atoms with Crippen LogP contribution < -0.4 is 5.32 Å². The Bertz CT molecular complexity index is 2060. The van der Waals surface area contributed by atoms with Crippen LogP contribution in [0.4, 0.5) is 0 Å². The first-order chi connectivity index (χ1) is 29.7. The number of hydrogen-bond acceptors (Lipinski definition) is 8. The van der Waals surface area contributed by atoms with Gasteiger partial charge in [-0.1, -0.05) is 152 Å². The third kappa shape index (κ3) is 11.2. The van der Waals surface area contributed by atoms with Gasteiger partial charge in [0.25, 0.3) is 0 Å². The highest BCUT2D eigenvalue weighted by molar-refractivity contribution is 5.92. The molecule has 10 heteroatoms. The van der Waals surface area contributed by atoms with Crippen LogP contribution >= 0.6 is 0 Å². The molecule has 7 rings (SSSR count). The predicted octanol–water partition coefficient (Wildman–Crippen LogP) is 7.05. The van der Waals surface area contributed by atoms with Crippen LogP contribution in [-0.2, 0) is 35.2 Å². The van der Waals surface area contributed by atoms with Crippen LogP contribution in [0, 0.1) is 0 Å². The number of nitrogens with one attached hydrogen (secondary N) is 1. The fourth-order valence-electron chi connectivity index (χ4n) is 8.69. The van der Waals surface area contributed by atoms with Gasteiger partial charge in [0.2, 0.25) is 11.8 Å². The first kappa shape index (κ1) is 44.5. The molecule has 0 saturated carbocycles. The molecule has 0 aromatic heterocycles. The van der Waals surface area contributed by atoms with Crippen LogP contribution in [0.15, 0.2) is 152 Å². The molecule has 2 saturated heterocycles. The highest BCUT2D eigenvalue weighted by Gasteiger charge is 2.42. The molecule has 2 amide bonds. The molecule has 5 aromatic carbocycles. The van der Waals surface area contributed by atoms with Crippen molar-refractivity contribution in [1.82, 2.24) is 20.0 Å². The van der Waals surface area contributed by atoms with Gasteiger partial charge in [0.05, 0.1) is 26.1 Å². The van der Waals surface area contributed by atoms with Gasteiger partial charge in [0.1, 0.15) is 12.1 Å². The molecule has 318 valence electrons. The minimum atomic E-state index is -0.607. The molecule has 2 aliphatic heterocycles. The lowest BCUT2D eigenvalue weighted by Gasteiger charge is -2.42. The molecule has 0 aliphatic carbocycles. The summed E-state index contributed by atoms with van der Waals surface area (Å²) in [5.74, 6) is -1.73. The highest BCUT2D eigenvalue weighted by atomic mass is 16.5. The molecule has 2 heterocycles. The van der Waals surface area contributed by atoms with Crippen molar-refractivity contribution >= 4 is 23.8 Å². The largest absolute Gasteiger partial charge is 0.467 e. The van der Waals surface area contributed by atoms with Gasteiger partial charge in [-0.3, -0.25) is 14.5 Å². The Morgan fingerprint density at radius 3 is 1.31 bits per heavy atom. The quantitative estimate of drug-likeness (QED) is 0.134. The smallest absolute Gasteiger partial charge is 0.328 e. The second kappa shape index (κ2) is 21.9. The summed E-state index contributed by atoms with van der Waals surface area (Å²) in [7, 11) is 6.74. The van der Waals surface area contributed by atoms with E-state index >= 15 is 0 Å². The van der Waals surface area contributed by atoms with E-state index in [0.29, 0.717) is 25.9 Å². The summed E-state index contributed by atoms with van der Waals surface area (Å²) in [5.41, 5.74) is 4.92. The number of likely N-dealkylation sites (tertiary alicyclic amines) is 2. The van der Waals surface area contributed by atoms with E-state index in [1.54, 1.807) is 9.80 Å². The number of amides is 2. The molecular formula is C51H58N4O6. The number of ether oxygens (including phenoxy) is 2. The van der Waals surface area contributed by atoms with Crippen molar-refractivity contribution in [2.45, 2.75) is 68.2 Å². The number of carbonyl (C=O) groups excluding carboxylic acids is 4. The molecule has 2 aliphatic rings. The lowest BCUT2D eigenvalue weighted by atomic mass is 9.87. The Hall–Kier alpha value is -6.10. The van der Waals surface area contributed by atoms with Crippen molar-refractivity contribution in [3.63, 3.8) is 0 Å². The Balaban J connectivity index is 0.000000210. The number of carbonyl (C=O) groups is 4. The summed E-state index contributed by atoms with van der Waals surface area (Å²) >= 11 is 0. The van der Waals surface area contributed by atoms with Gasteiger partial charge in [-0.15, -0.1) is 0 Å². The maximum absolute atomic E-state index is 14.0. The maximum atomic E-state index is 14.0. The van der Waals surface area contributed by atoms with Gasteiger partial charge in [0, 0.05) is 31.7 Å². The van der Waals surface area contributed by atoms with Crippen LogP contribution in [0.3, 0.4) is 0 Å². The normalized spacial score (nSPS) is 18.9. The number of nitrogens with zero attached hydrogens (tertiary/aromatic N) is 3. The molecular weight excluding hydrogens is 765 g/mol. The average Bonchev–Trinajstić information content (AvgIpc) is 3.32. The molecule has 0 bridgehead atoms. The summed E-state index contributed by atoms with van der Waals surface area (Å²) < 4.78 is 10.1. The maximum Gasteiger partial charge on any atom is 0.328 e. The summed E-state index contributed by atoms with van der Waals surface area (Å²) in [5, 5.41) is 3.22. The Morgan fingerprint density at radius 1 is 0.574 bits per heavy atom. The molecule has 61 heavy (non-hydrogen) atoms. The third-order valence-electron chi connectivity index (χ3n) is 12.0. The first-order valence-corrected chi connectivity index (χ1v) is 21.1. The van der Waals surface area contributed by atoms with Crippen LogP contribution in [0.1, 0.15) is 65.3 Å². The fraction of sp³-hybridized carbons (Fsp3) is 0.333. The minimum Gasteiger partial charge on any atom is -0.467 e. The lowest BCUT2D eigenvalue weighted by molar-refractivity contribution is -0.156. The van der Waals surface area contributed by atoms with Gasteiger partial charge in [-0.2, -0.15) is 0 Å². The van der Waals surface area contributed by atoms with Crippen LogP contribution in [0.2, 0.25) is 0 Å². The van der Waals surface area contributed by atoms with Gasteiger partial charge in [-0.25, -0.2) is 9.59 Å². The summed E-state index contributed by atoms with van der Waals surface area (Å²) in [6.07, 6.45) is 2.73. The van der Waals surface area contributed by atoms with Crippen molar-refractivity contribution in [2.75, 3.05) is 41.4 Å². The molecule has 4 atom stereocenters. The van der Waals surface area contributed by atoms with E-state index in [4.69, 9.17) is 9.47 Å². The van der Waals surface area contributed by atoms with Gasteiger partial charge < -0.3 is 24.6 Å². The zero-order chi connectivity index (χ0) is 43.1. The Kier molecular flexibility index (Phi) is 16.0. The minimum absolute atomic E-state index is 0.0580. The second-order valence-electron chi connectivity index (χ2n) is 15.7. The number of hydrogen-bond donors (Lipinski definition) is 1. The lowest BCUT2D eigenvalue weighted by Crippen LogP contribution is -2.55. The van der Waals surface area contributed by atoms with Crippen molar-refractivity contribution < 1.29 is 28.7 Å². The molecule has 5 aromatic rings. The zero-order valence-electron chi connectivity index (χ0n) is 35.6. The van der Waals surface area contributed by atoms with Gasteiger partial charge in [0.15, 0.2) is 0 Å². The number of piperidine rings is 2. The number of benzene rings is 5. The molecule has 10 nitrogen and oxygen atoms in total. The van der Waals surface area contributed by atoms with Crippen molar-refractivity contribution in [1.29, 1.82) is 0 Å². The van der Waals surface area contributed by atoms with Crippen molar-refractivity contribution in [3.05, 3.63) is 179 Å². The first-order valence-electron chi connectivity index (χ1n) is 21.1. The number of rotatable bonds is 12. The summed E-state index contributed by atoms with van der Waals surface area (Å²) in [4.78, 5) is 58.6. The average molecular weight is 823 g/mol. The number of esters is 2. The standard InChI is InChI=1S/C29H32N2O3.C22H26N2O3/c1-30(21-22-12-6-3-7-13-22)25-18-19-31(26(20-25)29(33)34-2)28(32)27(23-14-8-4-9-15-23)24-16-10-5-11-17-24;1-23-18-13-14-24(19(15-18)22(26)27-2)21(25)20(16-9-5-3-6-10-16)17-11-7-4-8-12-17/h3-17,25-27H,18-21H2,1-2H3;3-12,18-20,23H,13-15H2,1-2H3/t25-,26+;18-,19+/m11/s1. The van der Waals surface area contributed by atoms with E-state index in [9.17, 15) is 19.2 Å². The molecule has 1 N–H and O–H groups in total. The highest BCUT2D eigenvalue weighted by Crippen LogP contribution is 2.33. The van der Waals surface area contributed by atoms with Gasteiger partial charge >= 0.3 is 11.9 Å².